The van der Waals surface area contributed by atoms with E-state index >= 15 is 0 Å². The minimum atomic E-state index is -0.693. The maximum atomic E-state index is 12.2. The topological polar surface area (TPSA) is 70.6 Å². The molecule has 0 bridgehead atoms. The number of rotatable bonds is 5. The lowest BCUT2D eigenvalue weighted by molar-refractivity contribution is 0.0870. The van der Waals surface area contributed by atoms with Crippen LogP contribution < -0.4 is 15.4 Å². The summed E-state index contributed by atoms with van der Waals surface area (Å²) >= 11 is 6.02. The highest BCUT2D eigenvalue weighted by Gasteiger charge is 2.25. The molecule has 0 saturated heterocycles. The third-order valence-corrected chi connectivity index (χ3v) is 4.79. The zero-order chi connectivity index (χ0) is 17.8. The molecular weight excluding hydrogens is 340 g/mol. The van der Waals surface area contributed by atoms with E-state index < -0.39 is 6.10 Å². The average molecular weight is 361 g/mol. The quantitative estimate of drug-likeness (QED) is 0.764. The fourth-order valence-electron chi connectivity index (χ4n) is 3.00. The monoisotopic (exact) mass is 360 g/mol. The van der Waals surface area contributed by atoms with Crippen molar-refractivity contribution >= 4 is 17.5 Å². The van der Waals surface area contributed by atoms with Gasteiger partial charge in [0.15, 0.2) is 0 Å². The van der Waals surface area contributed by atoms with Crippen molar-refractivity contribution in [1.29, 1.82) is 0 Å². The summed E-state index contributed by atoms with van der Waals surface area (Å²) in [5.41, 5.74) is 2.76. The van der Waals surface area contributed by atoms with E-state index in [-0.39, 0.29) is 18.5 Å². The van der Waals surface area contributed by atoms with Crippen molar-refractivity contribution < 1.29 is 14.6 Å². The van der Waals surface area contributed by atoms with Gasteiger partial charge in [-0.05, 0) is 41.8 Å². The van der Waals surface area contributed by atoms with Gasteiger partial charge < -0.3 is 20.5 Å². The molecule has 3 N–H and O–H groups in total. The van der Waals surface area contributed by atoms with Gasteiger partial charge in [-0.3, -0.25) is 4.79 Å². The van der Waals surface area contributed by atoms with Gasteiger partial charge in [0.1, 0.15) is 5.75 Å². The Morgan fingerprint density at radius 1 is 1.36 bits per heavy atom. The SMILES string of the molecule is COc1ccc2c(c1)CN[C@H]([C@H](O)CNC(=O)c1ccccc1Cl)C2. The number of aliphatic hydroxyl groups is 1. The van der Waals surface area contributed by atoms with E-state index in [0.29, 0.717) is 23.6 Å². The van der Waals surface area contributed by atoms with Crippen LogP contribution in [0.3, 0.4) is 0 Å². The summed E-state index contributed by atoms with van der Waals surface area (Å²) in [6.07, 6.45) is 0.00400. The number of nitrogens with one attached hydrogen (secondary N) is 2. The van der Waals surface area contributed by atoms with E-state index in [1.807, 2.05) is 18.2 Å². The summed E-state index contributed by atoms with van der Waals surface area (Å²) in [5.74, 6) is 0.539. The van der Waals surface area contributed by atoms with E-state index in [4.69, 9.17) is 16.3 Å². The van der Waals surface area contributed by atoms with Crippen molar-refractivity contribution in [2.45, 2.75) is 25.1 Å². The van der Waals surface area contributed by atoms with Gasteiger partial charge in [-0.15, -0.1) is 0 Å². The van der Waals surface area contributed by atoms with Crippen LogP contribution in [0.15, 0.2) is 42.5 Å². The molecule has 0 fully saturated rings. The average Bonchev–Trinajstić information content (AvgIpc) is 2.65. The third-order valence-electron chi connectivity index (χ3n) is 4.46. The van der Waals surface area contributed by atoms with Crippen molar-refractivity contribution in [2.75, 3.05) is 13.7 Å². The standard InChI is InChI=1S/C19H21ClN2O3/c1-25-14-7-6-12-9-17(21-10-13(12)8-14)18(23)11-22-19(24)15-4-2-3-5-16(15)20/h2-8,17-18,21,23H,9-11H2,1H3,(H,22,24)/t17-,18+/m0/s1. The Bertz CT molecular complexity index is 766. The predicted molar refractivity (Wildman–Crippen MR) is 97.1 cm³/mol. The normalized spacial score (nSPS) is 17.5. The Balaban J connectivity index is 1.58. The first-order chi connectivity index (χ1) is 12.1. The zero-order valence-corrected chi connectivity index (χ0v) is 14.7. The number of fused-ring (bicyclic) bond motifs is 1. The van der Waals surface area contributed by atoms with Crippen molar-refractivity contribution in [3.63, 3.8) is 0 Å². The first-order valence-corrected chi connectivity index (χ1v) is 8.56. The van der Waals surface area contributed by atoms with Crippen molar-refractivity contribution in [1.82, 2.24) is 10.6 Å². The van der Waals surface area contributed by atoms with E-state index in [9.17, 15) is 9.90 Å². The second kappa shape index (κ2) is 7.87. The van der Waals surface area contributed by atoms with E-state index in [0.717, 1.165) is 5.75 Å². The summed E-state index contributed by atoms with van der Waals surface area (Å²) in [6.45, 7) is 0.819. The number of carbonyl (C=O) groups excluding carboxylic acids is 1. The molecule has 132 valence electrons. The van der Waals surface area contributed by atoms with Gasteiger partial charge in [-0.25, -0.2) is 0 Å². The number of hydrogen-bond donors (Lipinski definition) is 3. The first-order valence-electron chi connectivity index (χ1n) is 8.18. The molecule has 25 heavy (non-hydrogen) atoms. The van der Waals surface area contributed by atoms with E-state index in [1.54, 1.807) is 31.4 Å². The summed E-state index contributed by atoms with van der Waals surface area (Å²) in [7, 11) is 1.65. The number of halogens is 1. The van der Waals surface area contributed by atoms with Crippen LogP contribution >= 0.6 is 11.6 Å². The molecule has 1 heterocycles. The van der Waals surface area contributed by atoms with Crippen LogP contribution in [0.25, 0.3) is 0 Å². The molecule has 5 nitrogen and oxygen atoms in total. The maximum absolute atomic E-state index is 12.2. The van der Waals surface area contributed by atoms with Crippen LogP contribution in [0.4, 0.5) is 0 Å². The van der Waals surface area contributed by atoms with Crippen molar-refractivity contribution in [3.8, 4) is 5.75 Å². The Kier molecular flexibility index (Phi) is 5.58. The number of ether oxygens (including phenoxy) is 1. The summed E-state index contributed by atoms with van der Waals surface area (Å²) in [6, 6.07) is 12.7. The second-order valence-corrected chi connectivity index (χ2v) is 6.49. The fourth-order valence-corrected chi connectivity index (χ4v) is 3.22. The Morgan fingerprint density at radius 2 is 2.16 bits per heavy atom. The molecule has 2 aromatic rings. The summed E-state index contributed by atoms with van der Waals surface area (Å²) < 4.78 is 5.24. The molecular formula is C19H21ClN2O3. The van der Waals surface area contributed by atoms with Crippen LogP contribution in [-0.2, 0) is 13.0 Å². The van der Waals surface area contributed by atoms with Crippen molar-refractivity contribution in [2.24, 2.45) is 0 Å². The van der Waals surface area contributed by atoms with Crippen molar-refractivity contribution in [3.05, 3.63) is 64.2 Å². The van der Waals surface area contributed by atoms with Gasteiger partial charge >= 0.3 is 0 Å². The number of aliphatic hydroxyl groups excluding tert-OH is 1. The molecule has 1 aliphatic heterocycles. The number of carbonyl (C=O) groups is 1. The Labute approximate surface area is 152 Å². The Hall–Kier alpha value is -2.08. The summed E-state index contributed by atoms with van der Waals surface area (Å²) in [5, 5.41) is 16.9. The minimum Gasteiger partial charge on any atom is -0.497 e. The molecule has 0 aliphatic carbocycles. The van der Waals surface area contributed by atoms with Gasteiger partial charge in [0.05, 0.1) is 23.8 Å². The molecule has 0 aromatic heterocycles. The van der Waals surface area contributed by atoms with Gasteiger partial charge in [0.2, 0.25) is 0 Å². The van der Waals surface area contributed by atoms with Gasteiger partial charge in [-0.2, -0.15) is 0 Å². The smallest absolute Gasteiger partial charge is 0.252 e. The molecule has 6 heteroatoms. The number of methoxy groups -OCH3 is 1. The fraction of sp³-hybridized carbons (Fsp3) is 0.316. The molecule has 0 unspecified atom stereocenters. The maximum Gasteiger partial charge on any atom is 0.252 e. The molecule has 0 radical (unpaired) electrons. The Morgan fingerprint density at radius 3 is 2.92 bits per heavy atom. The van der Waals surface area contributed by atoms with Crippen LogP contribution in [-0.4, -0.2) is 36.8 Å². The lowest BCUT2D eigenvalue weighted by Crippen LogP contribution is -2.49. The van der Waals surface area contributed by atoms with Crippen LogP contribution in [0.2, 0.25) is 5.02 Å². The van der Waals surface area contributed by atoms with Crippen LogP contribution in [0, 0.1) is 0 Å². The first kappa shape index (κ1) is 17.7. The molecule has 2 atom stereocenters. The van der Waals surface area contributed by atoms with Gasteiger partial charge in [0.25, 0.3) is 5.91 Å². The number of hydrogen-bond acceptors (Lipinski definition) is 4. The molecule has 1 amide bonds. The zero-order valence-electron chi connectivity index (χ0n) is 14.0. The molecule has 1 aliphatic rings. The summed E-state index contributed by atoms with van der Waals surface area (Å²) in [4.78, 5) is 12.2. The largest absolute Gasteiger partial charge is 0.497 e. The third kappa shape index (κ3) is 4.12. The predicted octanol–water partition coefficient (Wildman–Crippen LogP) is 2.15. The lowest BCUT2D eigenvalue weighted by atomic mass is 9.92. The van der Waals surface area contributed by atoms with E-state index in [1.165, 1.54) is 11.1 Å². The highest BCUT2D eigenvalue weighted by atomic mass is 35.5. The van der Waals surface area contributed by atoms with Gasteiger partial charge in [-0.1, -0.05) is 29.8 Å². The second-order valence-electron chi connectivity index (χ2n) is 6.08. The number of amides is 1. The minimum absolute atomic E-state index is 0.118. The molecule has 2 aromatic carbocycles. The molecule has 3 rings (SSSR count). The molecule has 0 spiro atoms. The lowest BCUT2D eigenvalue weighted by Gasteiger charge is -2.30. The van der Waals surface area contributed by atoms with E-state index in [2.05, 4.69) is 10.6 Å². The van der Waals surface area contributed by atoms with Crippen LogP contribution in [0.5, 0.6) is 5.75 Å². The van der Waals surface area contributed by atoms with Crippen LogP contribution in [0.1, 0.15) is 21.5 Å². The highest BCUT2D eigenvalue weighted by Crippen LogP contribution is 2.23. The molecule has 0 saturated carbocycles. The highest BCUT2D eigenvalue weighted by molar-refractivity contribution is 6.33. The van der Waals surface area contributed by atoms with Gasteiger partial charge in [0, 0.05) is 19.1 Å². The number of benzene rings is 2.